The number of sulfonamides is 1. The standard InChI is InChI=1S/C14H15BrN2O3S/c1-10(11-4-3-7-16-9-11)17-21(18,19)12-5-6-14(20-2)13(15)8-12/h3-10,17H,1-2H3. The molecule has 0 aliphatic rings. The summed E-state index contributed by atoms with van der Waals surface area (Å²) < 4.78 is 33.1. The summed E-state index contributed by atoms with van der Waals surface area (Å²) in [5.74, 6) is 0.578. The molecule has 21 heavy (non-hydrogen) atoms. The molecule has 2 rings (SSSR count). The predicted octanol–water partition coefficient (Wildman–Crippen LogP) is 2.89. The molecule has 7 heteroatoms. The number of hydrogen-bond acceptors (Lipinski definition) is 4. The van der Waals surface area contributed by atoms with Gasteiger partial charge >= 0.3 is 0 Å². The van der Waals surface area contributed by atoms with Crippen molar-refractivity contribution in [1.82, 2.24) is 9.71 Å². The second-order valence-electron chi connectivity index (χ2n) is 4.43. The Morgan fingerprint density at radius 2 is 2.10 bits per heavy atom. The molecule has 0 amide bonds. The van der Waals surface area contributed by atoms with Crippen molar-refractivity contribution in [3.05, 3.63) is 52.8 Å². The summed E-state index contributed by atoms with van der Waals surface area (Å²) in [6, 6.07) is 7.84. The Morgan fingerprint density at radius 3 is 2.67 bits per heavy atom. The largest absolute Gasteiger partial charge is 0.496 e. The molecular formula is C14H15BrN2O3S. The van der Waals surface area contributed by atoms with Gasteiger partial charge in [-0.2, -0.15) is 0 Å². The normalized spacial score (nSPS) is 12.9. The second kappa shape index (κ2) is 6.55. The molecule has 0 radical (unpaired) electrons. The van der Waals surface area contributed by atoms with E-state index in [9.17, 15) is 8.42 Å². The summed E-state index contributed by atoms with van der Waals surface area (Å²) in [4.78, 5) is 4.16. The van der Waals surface area contributed by atoms with Crippen LogP contribution < -0.4 is 9.46 Å². The number of pyridine rings is 1. The minimum atomic E-state index is -3.62. The maximum absolute atomic E-state index is 12.4. The third kappa shape index (κ3) is 3.81. The average molecular weight is 371 g/mol. The monoisotopic (exact) mass is 370 g/mol. The van der Waals surface area contributed by atoms with E-state index in [0.717, 1.165) is 5.56 Å². The Bertz CT molecular complexity index is 720. The minimum Gasteiger partial charge on any atom is -0.496 e. The lowest BCUT2D eigenvalue weighted by Crippen LogP contribution is -2.27. The number of nitrogens with zero attached hydrogens (tertiary/aromatic N) is 1. The fourth-order valence-electron chi connectivity index (χ4n) is 1.82. The Morgan fingerprint density at radius 1 is 1.33 bits per heavy atom. The molecule has 0 fully saturated rings. The van der Waals surface area contributed by atoms with Crippen LogP contribution in [0.15, 0.2) is 52.1 Å². The van der Waals surface area contributed by atoms with Crippen molar-refractivity contribution < 1.29 is 13.2 Å². The van der Waals surface area contributed by atoms with Gasteiger partial charge in [-0.15, -0.1) is 0 Å². The van der Waals surface area contributed by atoms with E-state index in [2.05, 4.69) is 25.6 Å². The van der Waals surface area contributed by atoms with E-state index in [-0.39, 0.29) is 10.9 Å². The summed E-state index contributed by atoms with van der Waals surface area (Å²) in [6.07, 6.45) is 3.28. The summed E-state index contributed by atoms with van der Waals surface area (Å²) >= 11 is 3.28. The topological polar surface area (TPSA) is 68.3 Å². The molecule has 0 bridgehead atoms. The highest BCUT2D eigenvalue weighted by Crippen LogP contribution is 2.28. The number of halogens is 1. The molecule has 1 aromatic heterocycles. The smallest absolute Gasteiger partial charge is 0.241 e. The van der Waals surface area contributed by atoms with Gasteiger partial charge in [-0.3, -0.25) is 4.98 Å². The number of benzene rings is 1. The van der Waals surface area contributed by atoms with Gasteiger partial charge in [0.2, 0.25) is 10.0 Å². The highest BCUT2D eigenvalue weighted by molar-refractivity contribution is 9.10. The third-order valence-electron chi connectivity index (χ3n) is 2.95. The summed E-state index contributed by atoms with van der Waals surface area (Å²) in [5.41, 5.74) is 0.800. The zero-order valence-corrected chi connectivity index (χ0v) is 14.0. The van der Waals surface area contributed by atoms with Crippen LogP contribution in [-0.2, 0) is 10.0 Å². The maximum atomic E-state index is 12.4. The van der Waals surface area contributed by atoms with Crippen LogP contribution in [-0.4, -0.2) is 20.5 Å². The quantitative estimate of drug-likeness (QED) is 0.878. The first kappa shape index (κ1) is 15.9. The van der Waals surface area contributed by atoms with E-state index >= 15 is 0 Å². The molecule has 5 nitrogen and oxygen atoms in total. The van der Waals surface area contributed by atoms with Crippen molar-refractivity contribution >= 4 is 26.0 Å². The Kier molecular flexibility index (Phi) is 4.97. The lowest BCUT2D eigenvalue weighted by Gasteiger charge is -2.15. The highest BCUT2D eigenvalue weighted by atomic mass is 79.9. The molecule has 0 spiro atoms. The van der Waals surface area contributed by atoms with Gasteiger partial charge in [0.1, 0.15) is 5.75 Å². The Labute approximate surface area is 132 Å². The molecule has 0 aliphatic heterocycles. The fraction of sp³-hybridized carbons (Fsp3) is 0.214. The summed E-state index contributed by atoms with van der Waals surface area (Å²) in [6.45, 7) is 1.77. The summed E-state index contributed by atoms with van der Waals surface area (Å²) in [7, 11) is -2.09. The third-order valence-corrected chi connectivity index (χ3v) is 5.11. The van der Waals surface area contributed by atoms with Gasteiger partial charge < -0.3 is 4.74 Å². The van der Waals surface area contributed by atoms with Crippen LogP contribution in [0.25, 0.3) is 0 Å². The number of nitrogens with one attached hydrogen (secondary N) is 1. The molecule has 1 unspecified atom stereocenters. The van der Waals surface area contributed by atoms with E-state index in [1.807, 2.05) is 6.07 Å². The van der Waals surface area contributed by atoms with Crippen molar-refractivity contribution in [1.29, 1.82) is 0 Å². The van der Waals surface area contributed by atoms with Crippen molar-refractivity contribution in [3.63, 3.8) is 0 Å². The number of methoxy groups -OCH3 is 1. The van der Waals surface area contributed by atoms with E-state index in [4.69, 9.17) is 4.74 Å². The minimum absolute atomic E-state index is 0.172. The van der Waals surface area contributed by atoms with E-state index in [1.165, 1.54) is 19.2 Å². The first-order valence-corrected chi connectivity index (χ1v) is 8.47. The first-order valence-electron chi connectivity index (χ1n) is 6.20. The first-order chi connectivity index (χ1) is 9.94. The Balaban J connectivity index is 2.24. The van der Waals surface area contributed by atoms with Crippen LogP contribution in [0.2, 0.25) is 0 Å². The van der Waals surface area contributed by atoms with Gasteiger partial charge in [0.15, 0.2) is 0 Å². The van der Waals surface area contributed by atoms with Crippen LogP contribution in [0.4, 0.5) is 0 Å². The molecule has 1 aromatic carbocycles. The molecule has 0 saturated carbocycles. The van der Waals surface area contributed by atoms with Crippen LogP contribution in [0, 0.1) is 0 Å². The molecule has 0 saturated heterocycles. The molecule has 1 N–H and O–H groups in total. The lowest BCUT2D eigenvalue weighted by molar-refractivity contribution is 0.411. The van der Waals surface area contributed by atoms with Crippen LogP contribution in [0.1, 0.15) is 18.5 Å². The van der Waals surface area contributed by atoms with E-state index in [1.54, 1.807) is 31.5 Å². The number of aromatic nitrogens is 1. The van der Waals surface area contributed by atoms with Crippen molar-refractivity contribution in [2.45, 2.75) is 17.9 Å². The lowest BCUT2D eigenvalue weighted by atomic mass is 10.2. The van der Waals surface area contributed by atoms with Crippen LogP contribution in [0.5, 0.6) is 5.75 Å². The van der Waals surface area contributed by atoms with Gasteiger partial charge in [-0.05, 0) is 52.7 Å². The molecule has 1 atom stereocenters. The molecule has 0 aliphatic carbocycles. The van der Waals surface area contributed by atoms with Crippen molar-refractivity contribution in [2.75, 3.05) is 7.11 Å². The predicted molar refractivity (Wildman–Crippen MR) is 83.7 cm³/mol. The highest BCUT2D eigenvalue weighted by Gasteiger charge is 2.19. The van der Waals surface area contributed by atoms with Gasteiger partial charge in [0, 0.05) is 18.4 Å². The SMILES string of the molecule is COc1ccc(S(=O)(=O)NC(C)c2cccnc2)cc1Br. The van der Waals surface area contributed by atoms with Gasteiger partial charge in [-0.25, -0.2) is 13.1 Å². The number of hydrogen-bond donors (Lipinski definition) is 1. The van der Waals surface area contributed by atoms with E-state index < -0.39 is 10.0 Å². The van der Waals surface area contributed by atoms with Gasteiger partial charge in [0.05, 0.1) is 16.5 Å². The van der Waals surface area contributed by atoms with Gasteiger partial charge in [0.25, 0.3) is 0 Å². The van der Waals surface area contributed by atoms with Crippen molar-refractivity contribution in [2.24, 2.45) is 0 Å². The molecular weight excluding hydrogens is 356 g/mol. The fourth-order valence-corrected chi connectivity index (χ4v) is 3.77. The van der Waals surface area contributed by atoms with E-state index in [0.29, 0.717) is 10.2 Å². The summed E-state index contributed by atoms with van der Waals surface area (Å²) in [5, 5.41) is 0. The number of rotatable bonds is 5. The maximum Gasteiger partial charge on any atom is 0.241 e. The molecule has 2 aromatic rings. The zero-order chi connectivity index (χ0) is 15.5. The average Bonchev–Trinajstić information content (AvgIpc) is 2.47. The van der Waals surface area contributed by atoms with Crippen LogP contribution >= 0.6 is 15.9 Å². The second-order valence-corrected chi connectivity index (χ2v) is 6.99. The zero-order valence-electron chi connectivity index (χ0n) is 11.6. The van der Waals surface area contributed by atoms with Crippen LogP contribution in [0.3, 0.4) is 0 Å². The molecule has 1 heterocycles. The molecule has 112 valence electrons. The van der Waals surface area contributed by atoms with Gasteiger partial charge in [-0.1, -0.05) is 6.07 Å². The van der Waals surface area contributed by atoms with Crippen molar-refractivity contribution in [3.8, 4) is 5.75 Å². The number of ether oxygens (including phenoxy) is 1. The Hall–Kier alpha value is -1.44.